The van der Waals surface area contributed by atoms with E-state index in [-0.39, 0.29) is 5.91 Å². The highest BCUT2D eigenvalue weighted by Crippen LogP contribution is 2.18. The summed E-state index contributed by atoms with van der Waals surface area (Å²) in [5.74, 6) is 0.605. The van der Waals surface area contributed by atoms with Crippen LogP contribution in [0.15, 0.2) is 53.9 Å². The van der Waals surface area contributed by atoms with E-state index in [0.717, 1.165) is 43.4 Å². The minimum absolute atomic E-state index is 0.0710. The summed E-state index contributed by atoms with van der Waals surface area (Å²) in [6.45, 7) is 10.0. The number of hydrogen-bond donors (Lipinski definition) is 1. The molecule has 0 aliphatic carbocycles. The van der Waals surface area contributed by atoms with Crippen LogP contribution in [0.2, 0.25) is 0 Å². The second kappa shape index (κ2) is 10.6. The van der Waals surface area contributed by atoms with E-state index in [2.05, 4.69) is 51.3 Å². The minimum Gasteiger partial charge on any atom is -0.487 e. The Kier molecular flexibility index (Phi) is 7.39. The molecule has 0 bridgehead atoms. The van der Waals surface area contributed by atoms with Gasteiger partial charge in [0.1, 0.15) is 12.4 Å². The summed E-state index contributed by atoms with van der Waals surface area (Å²) in [6, 6.07) is 16.0. The largest absolute Gasteiger partial charge is 0.487 e. The number of piperazine rings is 1. The molecule has 32 heavy (non-hydrogen) atoms. The van der Waals surface area contributed by atoms with Gasteiger partial charge in [-0.3, -0.25) is 9.69 Å². The highest BCUT2D eigenvalue weighted by molar-refractivity contribution is 7.09. The Morgan fingerprint density at radius 3 is 2.66 bits per heavy atom. The van der Waals surface area contributed by atoms with Gasteiger partial charge in [-0.05, 0) is 49.7 Å². The Morgan fingerprint density at radius 2 is 1.91 bits per heavy atom. The Morgan fingerprint density at radius 1 is 1.09 bits per heavy atom. The molecule has 0 atom stereocenters. The van der Waals surface area contributed by atoms with Gasteiger partial charge < -0.3 is 15.0 Å². The fourth-order valence-corrected chi connectivity index (χ4v) is 4.44. The molecular formula is C25H30N4O2S. The van der Waals surface area contributed by atoms with Crippen molar-refractivity contribution in [2.75, 3.05) is 44.2 Å². The van der Waals surface area contributed by atoms with Crippen molar-refractivity contribution in [3.8, 4) is 5.75 Å². The molecule has 0 unspecified atom stereocenters. The molecule has 1 amide bonds. The lowest BCUT2D eigenvalue weighted by molar-refractivity contribution is 0.0947. The third-order valence-corrected chi connectivity index (χ3v) is 6.42. The fourth-order valence-electron chi connectivity index (χ4n) is 3.84. The number of carbonyl (C=O) groups excluding carboxylic acids is 1. The van der Waals surface area contributed by atoms with Gasteiger partial charge in [-0.25, -0.2) is 4.98 Å². The van der Waals surface area contributed by atoms with Crippen LogP contribution in [0, 0.1) is 13.8 Å². The van der Waals surface area contributed by atoms with E-state index in [0.29, 0.717) is 24.5 Å². The van der Waals surface area contributed by atoms with Gasteiger partial charge in [0.05, 0.1) is 10.7 Å². The predicted molar refractivity (Wildman–Crippen MR) is 130 cm³/mol. The molecule has 4 rings (SSSR count). The Bertz CT molecular complexity index is 1040. The van der Waals surface area contributed by atoms with Crippen LogP contribution in [0.1, 0.15) is 26.6 Å². The van der Waals surface area contributed by atoms with Crippen LogP contribution in [-0.4, -0.2) is 55.1 Å². The van der Waals surface area contributed by atoms with Gasteiger partial charge in [0.25, 0.3) is 5.91 Å². The summed E-state index contributed by atoms with van der Waals surface area (Å²) in [7, 11) is 0. The van der Waals surface area contributed by atoms with Crippen molar-refractivity contribution in [3.63, 3.8) is 0 Å². The summed E-state index contributed by atoms with van der Waals surface area (Å²) in [5, 5.41) is 6.05. The molecule has 3 aromatic rings. The number of carbonyl (C=O) groups is 1. The third kappa shape index (κ3) is 6.08. The summed E-state index contributed by atoms with van der Waals surface area (Å²) in [5.41, 5.74) is 4.11. The molecule has 1 fully saturated rings. The first-order valence-electron chi connectivity index (χ1n) is 11.0. The maximum absolute atomic E-state index is 12.6. The zero-order valence-corrected chi connectivity index (χ0v) is 19.5. The zero-order valence-electron chi connectivity index (χ0n) is 18.7. The van der Waals surface area contributed by atoms with Crippen molar-refractivity contribution < 1.29 is 9.53 Å². The molecule has 1 saturated heterocycles. The minimum atomic E-state index is -0.0710. The highest BCUT2D eigenvalue weighted by atomic mass is 32.1. The average Bonchev–Trinajstić information content (AvgIpc) is 3.23. The second-order valence-electron chi connectivity index (χ2n) is 8.10. The number of amides is 1. The molecule has 1 aliphatic rings. The smallest absolute Gasteiger partial charge is 0.251 e. The first kappa shape index (κ1) is 22.3. The molecule has 0 saturated carbocycles. The lowest BCUT2D eigenvalue weighted by Gasteiger charge is -2.36. The number of aromatic nitrogens is 1. The molecule has 2 heterocycles. The van der Waals surface area contributed by atoms with E-state index in [1.165, 1.54) is 11.3 Å². The second-order valence-corrected chi connectivity index (χ2v) is 9.16. The van der Waals surface area contributed by atoms with Crippen molar-refractivity contribution in [3.05, 3.63) is 75.7 Å². The number of nitrogens with one attached hydrogen (secondary N) is 1. The standard InChI is InChI=1S/C25H30N4O2S/c1-19-5-3-7-23(15-19)29-13-11-28(12-14-29)10-9-26-25(30)21-6-4-8-24(16-21)31-17-22-18-32-20(2)27-22/h3-8,15-16,18H,9-14,17H2,1-2H3,(H,26,30). The monoisotopic (exact) mass is 450 g/mol. The maximum atomic E-state index is 12.6. The van der Waals surface area contributed by atoms with Crippen molar-refractivity contribution >= 4 is 22.9 Å². The Balaban J connectivity index is 1.20. The van der Waals surface area contributed by atoms with Gasteiger partial charge in [-0.1, -0.05) is 18.2 Å². The van der Waals surface area contributed by atoms with Gasteiger partial charge in [0, 0.05) is 55.9 Å². The van der Waals surface area contributed by atoms with E-state index < -0.39 is 0 Å². The lowest BCUT2D eigenvalue weighted by atomic mass is 10.2. The van der Waals surface area contributed by atoms with Crippen LogP contribution in [0.3, 0.4) is 0 Å². The zero-order chi connectivity index (χ0) is 22.3. The number of rotatable bonds is 8. The van der Waals surface area contributed by atoms with Crippen LogP contribution in [0.25, 0.3) is 0 Å². The van der Waals surface area contributed by atoms with E-state index in [1.54, 1.807) is 17.4 Å². The van der Waals surface area contributed by atoms with Crippen molar-refractivity contribution in [2.24, 2.45) is 0 Å². The summed E-state index contributed by atoms with van der Waals surface area (Å²) in [4.78, 5) is 21.8. The fraction of sp³-hybridized carbons (Fsp3) is 0.360. The molecular weight excluding hydrogens is 420 g/mol. The summed E-state index contributed by atoms with van der Waals surface area (Å²) < 4.78 is 5.80. The van der Waals surface area contributed by atoms with Gasteiger partial charge in [0.2, 0.25) is 0 Å². The highest BCUT2D eigenvalue weighted by Gasteiger charge is 2.17. The van der Waals surface area contributed by atoms with E-state index in [1.807, 2.05) is 30.5 Å². The number of ether oxygens (including phenoxy) is 1. The van der Waals surface area contributed by atoms with Gasteiger partial charge in [-0.15, -0.1) is 11.3 Å². The number of benzene rings is 2. The normalized spacial score (nSPS) is 14.4. The Labute approximate surface area is 193 Å². The molecule has 0 radical (unpaired) electrons. The van der Waals surface area contributed by atoms with Crippen LogP contribution >= 0.6 is 11.3 Å². The SMILES string of the molecule is Cc1cccc(N2CCN(CCNC(=O)c3cccc(OCc4csc(C)n4)c3)CC2)c1. The average molecular weight is 451 g/mol. The molecule has 1 aromatic heterocycles. The van der Waals surface area contributed by atoms with Crippen molar-refractivity contribution in [1.29, 1.82) is 0 Å². The first-order valence-corrected chi connectivity index (χ1v) is 11.9. The van der Waals surface area contributed by atoms with Crippen LogP contribution in [0.5, 0.6) is 5.75 Å². The van der Waals surface area contributed by atoms with Gasteiger partial charge in [0.15, 0.2) is 0 Å². The molecule has 168 valence electrons. The molecule has 0 spiro atoms. The van der Waals surface area contributed by atoms with Gasteiger partial charge in [-0.2, -0.15) is 0 Å². The maximum Gasteiger partial charge on any atom is 0.251 e. The quantitative estimate of drug-likeness (QED) is 0.564. The summed E-state index contributed by atoms with van der Waals surface area (Å²) >= 11 is 1.61. The molecule has 7 heteroatoms. The predicted octanol–water partition coefficient (Wildman–Crippen LogP) is 3.89. The van der Waals surface area contributed by atoms with Crippen molar-refractivity contribution in [2.45, 2.75) is 20.5 Å². The molecule has 1 aliphatic heterocycles. The van der Waals surface area contributed by atoms with Gasteiger partial charge >= 0.3 is 0 Å². The number of hydrogen-bond acceptors (Lipinski definition) is 6. The topological polar surface area (TPSA) is 57.7 Å². The molecule has 1 N–H and O–H groups in total. The van der Waals surface area contributed by atoms with Crippen LogP contribution in [0.4, 0.5) is 5.69 Å². The van der Waals surface area contributed by atoms with Crippen LogP contribution < -0.4 is 15.0 Å². The number of aryl methyl sites for hydroxylation is 2. The van der Waals surface area contributed by atoms with E-state index >= 15 is 0 Å². The summed E-state index contributed by atoms with van der Waals surface area (Å²) in [6.07, 6.45) is 0. The molecule has 6 nitrogen and oxygen atoms in total. The van der Waals surface area contributed by atoms with Crippen LogP contribution in [-0.2, 0) is 6.61 Å². The number of nitrogens with zero attached hydrogens (tertiary/aromatic N) is 3. The molecule has 2 aromatic carbocycles. The number of thiazole rings is 1. The Hall–Kier alpha value is -2.90. The van der Waals surface area contributed by atoms with E-state index in [9.17, 15) is 4.79 Å². The van der Waals surface area contributed by atoms with E-state index in [4.69, 9.17) is 4.74 Å². The lowest BCUT2D eigenvalue weighted by Crippen LogP contribution is -2.48. The van der Waals surface area contributed by atoms with Crippen molar-refractivity contribution in [1.82, 2.24) is 15.2 Å². The first-order chi connectivity index (χ1) is 15.6. The third-order valence-electron chi connectivity index (χ3n) is 5.60. The number of anilines is 1.